The van der Waals surface area contributed by atoms with E-state index < -0.39 is 0 Å². The van der Waals surface area contributed by atoms with Crippen LogP contribution in [0.5, 0.6) is 5.75 Å². The lowest BCUT2D eigenvalue weighted by Gasteiger charge is -2.12. The molecule has 0 radical (unpaired) electrons. The van der Waals surface area contributed by atoms with Crippen LogP contribution in [0.2, 0.25) is 0 Å². The van der Waals surface area contributed by atoms with Gasteiger partial charge in [-0.1, -0.05) is 19.9 Å². The number of nitrogens with one attached hydrogen (secondary N) is 2. The fraction of sp³-hybridized carbons (Fsp3) is 0.533. The van der Waals surface area contributed by atoms with Gasteiger partial charge in [-0.25, -0.2) is 0 Å². The predicted molar refractivity (Wildman–Crippen MR) is 78.6 cm³/mol. The largest absolute Gasteiger partial charge is 0.494 e. The van der Waals surface area contributed by atoms with E-state index in [4.69, 9.17) is 4.74 Å². The summed E-state index contributed by atoms with van der Waals surface area (Å²) in [6.45, 7) is 7.66. The van der Waals surface area contributed by atoms with Crippen LogP contribution < -0.4 is 15.4 Å². The number of anilines is 1. The summed E-state index contributed by atoms with van der Waals surface area (Å²) in [6.07, 6.45) is 1.44. The van der Waals surface area contributed by atoms with Gasteiger partial charge in [-0.2, -0.15) is 0 Å². The first-order valence-electron chi connectivity index (χ1n) is 6.91. The second-order valence-corrected chi connectivity index (χ2v) is 4.59. The molecule has 1 atom stereocenters. The van der Waals surface area contributed by atoms with Crippen molar-refractivity contribution in [3.8, 4) is 5.75 Å². The minimum atomic E-state index is 0.0149. The van der Waals surface area contributed by atoms with Crippen molar-refractivity contribution in [2.24, 2.45) is 0 Å². The van der Waals surface area contributed by atoms with Gasteiger partial charge in [0.2, 0.25) is 5.91 Å². The smallest absolute Gasteiger partial charge is 0.225 e. The van der Waals surface area contributed by atoms with E-state index in [1.165, 1.54) is 0 Å². The normalized spacial score (nSPS) is 11.9. The van der Waals surface area contributed by atoms with Crippen LogP contribution in [0.15, 0.2) is 24.3 Å². The molecule has 4 heteroatoms. The summed E-state index contributed by atoms with van der Waals surface area (Å²) < 4.78 is 5.53. The molecule has 0 aromatic heterocycles. The Hall–Kier alpha value is -1.55. The van der Waals surface area contributed by atoms with Crippen LogP contribution in [0.25, 0.3) is 0 Å². The quantitative estimate of drug-likeness (QED) is 0.759. The zero-order valence-corrected chi connectivity index (χ0v) is 12.0. The number of ether oxygens (including phenoxy) is 1. The fourth-order valence-electron chi connectivity index (χ4n) is 1.79. The standard InChI is InChI=1S/C15H24N2O2/c1-4-9-19-14-8-6-7-13(11-14)17-15(18)10-12(3)16-5-2/h6-8,11-12,16H,4-5,9-10H2,1-3H3,(H,17,18). The molecule has 19 heavy (non-hydrogen) atoms. The number of hydrogen-bond donors (Lipinski definition) is 2. The Labute approximate surface area is 115 Å². The molecule has 0 aliphatic heterocycles. The van der Waals surface area contributed by atoms with E-state index in [0.29, 0.717) is 13.0 Å². The molecule has 1 rings (SSSR count). The van der Waals surface area contributed by atoms with E-state index in [2.05, 4.69) is 17.6 Å². The maximum atomic E-state index is 11.8. The van der Waals surface area contributed by atoms with Crippen molar-refractivity contribution in [1.82, 2.24) is 5.32 Å². The van der Waals surface area contributed by atoms with Crippen LogP contribution in [0.4, 0.5) is 5.69 Å². The summed E-state index contributed by atoms with van der Waals surface area (Å²) in [7, 11) is 0. The van der Waals surface area contributed by atoms with Gasteiger partial charge in [0.1, 0.15) is 5.75 Å². The highest BCUT2D eigenvalue weighted by Gasteiger charge is 2.08. The molecular weight excluding hydrogens is 240 g/mol. The topological polar surface area (TPSA) is 50.4 Å². The zero-order chi connectivity index (χ0) is 14.1. The molecular formula is C15H24N2O2. The summed E-state index contributed by atoms with van der Waals surface area (Å²) in [5.41, 5.74) is 0.780. The van der Waals surface area contributed by atoms with Gasteiger partial charge >= 0.3 is 0 Å². The Balaban J connectivity index is 2.49. The molecule has 1 unspecified atom stereocenters. The maximum absolute atomic E-state index is 11.8. The lowest BCUT2D eigenvalue weighted by atomic mass is 10.2. The second-order valence-electron chi connectivity index (χ2n) is 4.59. The van der Waals surface area contributed by atoms with E-state index in [9.17, 15) is 4.79 Å². The van der Waals surface area contributed by atoms with Crippen molar-refractivity contribution in [3.05, 3.63) is 24.3 Å². The highest BCUT2D eigenvalue weighted by molar-refractivity contribution is 5.91. The monoisotopic (exact) mass is 264 g/mol. The SMILES string of the molecule is CCCOc1cccc(NC(=O)CC(C)NCC)c1. The Morgan fingerprint density at radius 2 is 2.16 bits per heavy atom. The molecule has 0 saturated carbocycles. The van der Waals surface area contributed by atoms with Crippen molar-refractivity contribution < 1.29 is 9.53 Å². The lowest BCUT2D eigenvalue weighted by molar-refractivity contribution is -0.116. The minimum Gasteiger partial charge on any atom is -0.494 e. The summed E-state index contributed by atoms with van der Waals surface area (Å²) in [6, 6.07) is 7.69. The number of carbonyl (C=O) groups excluding carboxylic acids is 1. The van der Waals surface area contributed by atoms with Gasteiger partial charge in [-0.3, -0.25) is 4.79 Å². The van der Waals surface area contributed by atoms with Crippen LogP contribution in [0.3, 0.4) is 0 Å². The first-order valence-corrected chi connectivity index (χ1v) is 6.91. The summed E-state index contributed by atoms with van der Waals surface area (Å²) in [5, 5.41) is 6.11. The van der Waals surface area contributed by atoms with Gasteiger partial charge < -0.3 is 15.4 Å². The predicted octanol–water partition coefficient (Wildman–Crippen LogP) is 2.80. The molecule has 0 aliphatic carbocycles. The molecule has 0 aliphatic rings. The molecule has 0 bridgehead atoms. The highest BCUT2D eigenvalue weighted by Crippen LogP contribution is 2.17. The molecule has 1 aromatic rings. The van der Waals surface area contributed by atoms with E-state index in [0.717, 1.165) is 24.4 Å². The Kier molecular flexibility index (Phi) is 6.97. The third-order valence-electron chi connectivity index (χ3n) is 2.63. The third-order valence-corrected chi connectivity index (χ3v) is 2.63. The van der Waals surface area contributed by atoms with Gasteiger partial charge in [-0.05, 0) is 32.0 Å². The van der Waals surface area contributed by atoms with E-state index in [-0.39, 0.29) is 11.9 Å². The minimum absolute atomic E-state index is 0.0149. The van der Waals surface area contributed by atoms with Gasteiger partial charge in [-0.15, -0.1) is 0 Å². The van der Waals surface area contributed by atoms with Gasteiger partial charge in [0, 0.05) is 24.2 Å². The van der Waals surface area contributed by atoms with Crippen molar-refractivity contribution in [2.45, 2.75) is 39.7 Å². The van der Waals surface area contributed by atoms with Crippen molar-refractivity contribution in [3.63, 3.8) is 0 Å². The number of rotatable bonds is 8. The Bertz CT molecular complexity index is 393. The van der Waals surface area contributed by atoms with Crippen molar-refractivity contribution >= 4 is 11.6 Å². The van der Waals surface area contributed by atoms with E-state index in [1.54, 1.807) is 0 Å². The molecule has 1 amide bonds. The third kappa shape index (κ3) is 6.25. The maximum Gasteiger partial charge on any atom is 0.225 e. The number of hydrogen-bond acceptors (Lipinski definition) is 3. The molecule has 0 saturated heterocycles. The van der Waals surface area contributed by atoms with Gasteiger partial charge in [0.25, 0.3) is 0 Å². The van der Waals surface area contributed by atoms with E-state index >= 15 is 0 Å². The van der Waals surface area contributed by atoms with Crippen LogP contribution >= 0.6 is 0 Å². The second kappa shape index (κ2) is 8.53. The number of benzene rings is 1. The van der Waals surface area contributed by atoms with Gasteiger partial charge in [0.05, 0.1) is 6.61 Å². The fourth-order valence-corrected chi connectivity index (χ4v) is 1.79. The number of carbonyl (C=O) groups is 1. The molecule has 0 spiro atoms. The summed E-state index contributed by atoms with van der Waals surface area (Å²) in [5.74, 6) is 0.806. The average molecular weight is 264 g/mol. The Morgan fingerprint density at radius 1 is 1.37 bits per heavy atom. The van der Waals surface area contributed by atoms with Gasteiger partial charge in [0.15, 0.2) is 0 Å². The summed E-state index contributed by atoms with van der Waals surface area (Å²) >= 11 is 0. The summed E-state index contributed by atoms with van der Waals surface area (Å²) in [4.78, 5) is 11.8. The zero-order valence-electron chi connectivity index (χ0n) is 12.0. The first-order chi connectivity index (χ1) is 9.15. The molecule has 2 N–H and O–H groups in total. The van der Waals surface area contributed by atoms with Crippen LogP contribution in [-0.4, -0.2) is 25.1 Å². The highest BCUT2D eigenvalue weighted by atomic mass is 16.5. The van der Waals surface area contributed by atoms with Crippen LogP contribution in [-0.2, 0) is 4.79 Å². The average Bonchev–Trinajstić information content (AvgIpc) is 2.36. The Morgan fingerprint density at radius 3 is 2.84 bits per heavy atom. The first kappa shape index (κ1) is 15.5. The van der Waals surface area contributed by atoms with Crippen molar-refractivity contribution in [1.29, 1.82) is 0 Å². The lowest BCUT2D eigenvalue weighted by Crippen LogP contribution is -2.30. The molecule has 106 valence electrons. The van der Waals surface area contributed by atoms with Crippen LogP contribution in [0, 0.1) is 0 Å². The van der Waals surface area contributed by atoms with Crippen LogP contribution in [0.1, 0.15) is 33.6 Å². The molecule has 0 fully saturated rings. The molecule has 1 aromatic carbocycles. The van der Waals surface area contributed by atoms with E-state index in [1.807, 2.05) is 38.1 Å². The molecule has 0 heterocycles. The van der Waals surface area contributed by atoms with Crippen molar-refractivity contribution in [2.75, 3.05) is 18.5 Å². The number of amides is 1. The molecule has 4 nitrogen and oxygen atoms in total.